The van der Waals surface area contributed by atoms with Crippen LogP contribution in [0.3, 0.4) is 0 Å². The standard InChI is InChI=1S/C11H7N5O4S/c17-16(18)7-1-3-8(4-2-7)21(19,20)11-12-5-9-10(15-11)14-6-13-9/h1-6H,(H,12,13,14,15). The predicted molar refractivity (Wildman–Crippen MR) is 70.2 cm³/mol. The van der Waals surface area contributed by atoms with Crippen LogP contribution in [0.25, 0.3) is 11.2 Å². The van der Waals surface area contributed by atoms with E-state index in [1.165, 1.54) is 12.5 Å². The second-order valence-electron chi connectivity index (χ2n) is 4.05. The maximum Gasteiger partial charge on any atom is 0.269 e. The molecule has 0 spiro atoms. The van der Waals surface area contributed by atoms with Crippen molar-refractivity contribution in [3.63, 3.8) is 0 Å². The van der Waals surface area contributed by atoms with Crippen LogP contribution < -0.4 is 0 Å². The molecule has 1 N–H and O–H groups in total. The molecular formula is C11H7N5O4S. The van der Waals surface area contributed by atoms with E-state index in [1.54, 1.807) is 0 Å². The Morgan fingerprint density at radius 1 is 1.14 bits per heavy atom. The summed E-state index contributed by atoms with van der Waals surface area (Å²) in [6.45, 7) is 0. The average Bonchev–Trinajstić information content (AvgIpc) is 2.94. The Bertz CT molecular complexity index is 933. The van der Waals surface area contributed by atoms with Gasteiger partial charge in [-0.2, -0.15) is 4.98 Å². The Morgan fingerprint density at radius 3 is 2.52 bits per heavy atom. The second-order valence-corrected chi connectivity index (χ2v) is 5.89. The highest BCUT2D eigenvalue weighted by molar-refractivity contribution is 7.91. The Morgan fingerprint density at radius 2 is 1.86 bits per heavy atom. The first kappa shape index (κ1) is 13.1. The van der Waals surface area contributed by atoms with Gasteiger partial charge in [-0.15, -0.1) is 0 Å². The van der Waals surface area contributed by atoms with Crippen molar-refractivity contribution in [2.75, 3.05) is 0 Å². The van der Waals surface area contributed by atoms with E-state index in [-0.39, 0.29) is 16.2 Å². The lowest BCUT2D eigenvalue weighted by atomic mass is 10.3. The van der Waals surface area contributed by atoms with Crippen molar-refractivity contribution in [2.24, 2.45) is 0 Å². The molecule has 0 bridgehead atoms. The molecule has 2 heterocycles. The fourth-order valence-electron chi connectivity index (χ4n) is 1.70. The molecule has 9 nitrogen and oxygen atoms in total. The number of fused-ring (bicyclic) bond motifs is 1. The van der Waals surface area contributed by atoms with Gasteiger partial charge >= 0.3 is 0 Å². The monoisotopic (exact) mass is 305 g/mol. The summed E-state index contributed by atoms with van der Waals surface area (Å²) in [7, 11) is -3.95. The van der Waals surface area contributed by atoms with Crippen molar-refractivity contribution in [1.82, 2.24) is 19.9 Å². The number of nitro benzene ring substituents is 1. The number of hydrogen-bond acceptors (Lipinski definition) is 7. The Balaban J connectivity index is 2.08. The Hall–Kier alpha value is -2.88. The fourth-order valence-corrected chi connectivity index (χ4v) is 2.81. The SMILES string of the molecule is O=[N+]([O-])c1ccc(S(=O)(=O)c2ncc3[nH]cnc3n2)cc1. The van der Waals surface area contributed by atoms with E-state index >= 15 is 0 Å². The second kappa shape index (κ2) is 4.59. The van der Waals surface area contributed by atoms with Crippen molar-refractivity contribution in [1.29, 1.82) is 0 Å². The van der Waals surface area contributed by atoms with Crippen LogP contribution in [0, 0.1) is 10.1 Å². The zero-order valence-corrected chi connectivity index (χ0v) is 11.1. The van der Waals surface area contributed by atoms with Gasteiger partial charge in [-0.25, -0.2) is 18.4 Å². The first-order chi connectivity index (χ1) is 9.98. The third-order valence-corrected chi connectivity index (χ3v) is 4.32. The van der Waals surface area contributed by atoms with Crippen LogP contribution in [-0.2, 0) is 9.84 Å². The van der Waals surface area contributed by atoms with Crippen LogP contribution in [-0.4, -0.2) is 33.3 Å². The van der Waals surface area contributed by atoms with Gasteiger partial charge in [0.1, 0.15) is 5.52 Å². The molecule has 10 heteroatoms. The molecule has 0 aliphatic rings. The molecule has 0 fully saturated rings. The average molecular weight is 305 g/mol. The third-order valence-electron chi connectivity index (χ3n) is 2.75. The lowest BCUT2D eigenvalue weighted by molar-refractivity contribution is -0.384. The molecule has 3 rings (SSSR count). The number of benzene rings is 1. The van der Waals surface area contributed by atoms with Crippen LogP contribution in [0.15, 0.2) is 46.8 Å². The van der Waals surface area contributed by atoms with Gasteiger partial charge in [-0.05, 0) is 12.1 Å². The summed E-state index contributed by atoms with van der Waals surface area (Å²) >= 11 is 0. The van der Waals surface area contributed by atoms with E-state index in [2.05, 4.69) is 19.9 Å². The molecule has 0 saturated carbocycles. The molecule has 0 amide bonds. The molecule has 0 aliphatic carbocycles. The smallest absolute Gasteiger partial charge is 0.269 e. The molecule has 106 valence electrons. The number of nitrogens with one attached hydrogen (secondary N) is 1. The highest BCUT2D eigenvalue weighted by Gasteiger charge is 2.22. The van der Waals surface area contributed by atoms with Crippen molar-refractivity contribution in [3.8, 4) is 0 Å². The van der Waals surface area contributed by atoms with Crippen molar-refractivity contribution in [3.05, 3.63) is 46.9 Å². The number of nitrogens with zero attached hydrogens (tertiary/aromatic N) is 4. The van der Waals surface area contributed by atoms with Gasteiger partial charge < -0.3 is 4.98 Å². The number of H-pyrrole nitrogens is 1. The summed E-state index contributed by atoms with van der Waals surface area (Å²) in [6.07, 6.45) is 2.69. The Kier molecular flexibility index (Phi) is 2.87. The van der Waals surface area contributed by atoms with Crippen LogP contribution in [0.2, 0.25) is 0 Å². The zero-order chi connectivity index (χ0) is 15.0. The van der Waals surface area contributed by atoms with Crippen LogP contribution in [0.4, 0.5) is 5.69 Å². The van der Waals surface area contributed by atoms with Gasteiger partial charge in [0.05, 0.1) is 22.3 Å². The van der Waals surface area contributed by atoms with Gasteiger partial charge in [0.15, 0.2) is 5.65 Å². The minimum absolute atomic E-state index is 0.122. The molecule has 1 aromatic carbocycles. The summed E-state index contributed by atoms with van der Waals surface area (Å²) in [5, 5.41) is 10.2. The van der Waals surface area contributed by atoms with E-state index in [0.29, 0.717) is 5.52 Å². The van der Waals surface area contributed by atoms with Gasteiger partial charge in [-0.3, -0.25) is 10.1 Å². The zero-order valence-electron chi connectivity index (χ0n) is 10.3. The summed E-state index contributed by atoms with van der Waals surface area (Å²) in [5.41, 5.74) is 0.542. The number of nitro groups is 1. The number of rotatable bonds is 3. The number of sulfone groups is 1. The molecule has 0 atom stereocenters. The van der Waals surface area contributed by atoms with E-state index in [4.69, 9.17) is 0 Å². The van der Waals surface area contributed by atoms with Crippen LogP contribution in [0.1, 0.15) is 0 Å². The molecule has 0 unspecified atom stereocenters. The van der Waals surface area contributed by atoms with Gasteiger partial charge in [0, 0.05) is 12.1 Å². The first-order valence-electron chi connectivity index (χ1n) is 5.64. The molecule has 3 aromatic rings. The lowest BCUT2D eigenvalue weighted by Gasteiger charge is -2.02. The predicted octanol–water partition coefficient (Wildman–Crippen LogP) is 1.09. The minimum atomic E-state index is -3.95. The quantitative estimate of drug-likeness (QED) is 0.435. The largest absolute Gasteiger partial charge is 0.342 e. The molecule has 0 saturated heterocycles. The van der Waals surface area contributed by atoms with Crippen LogP contribution in [0.5, 0.6) is 0 Å². The molecular weight excluding hydrogens is 298 g/mol. The lowest BCUT2D eigenvalue weighted by Crippen LogP contribution is -2.07. The number of aromatic nitrogens is 4. The summed E-state index contributed by atoms with van der Waals surface area (Å²) in [5.74, 6) is 0. The number of imidazole rings is 1. The number of non-ortho nitro benzene ring substituents is 1. The van der Waals surface area contributed by atoms with E-state index in [1.807, 2.05) is 0 Å². The molecule has 0 radical (unpaired) electrons. The summed E-state index contributed by atoms with van der Waals surface area (Å²) in [6, 6.07) is 4.51. The van der Waals surface area contributed by atoms with E-state index < -0.39 is 19.9 Å². The van der Waals surface area contributed by atoms with Gasteiger partial charge in [0.25, 0.3) is 10.8 Å². The summed E-state index contributed by atoms with van der Waals surface area (Å²) in [4.78, 5) is 24.1. The normalized spacial score (nSPS) is 11.6. The van der Waals surface area contributed by atoms with E-state index in [9.17, 15) is 18.5 Å². The summed E-state index contributed by atoms with van der Waals surface area (Å²) < 4.78 is 24.7. The maximum atomic E-state index is 12.3. The minimum Gasteiger partial charge on any atom is -0.342 e. The third kappa shape index (κ3) is 2.21. The molecule has 21 heavy (non-hydrogen) atoms. The molecule has 2 aromatic heterocycles. The first-order valence-corrected chi connectivity index (χ1v) is 7.12. The topological polar surface area (TPSA) is 132 Å². The van der Waals surface area contributed by atoms with Crippen molar-refractivity contribution < 1.29 is 13.3 Å². The maximum absolute atomic E-state index is 12.3. The van der Waals surface area contributed by atoms with Crippen LogP contribution >= 0.6 is 0 Å². The Labute approximate surface area is 117 Å². The number of aromatic amines is 1. The highest BCUT2D eigenvalue weighted by Crippen LogP contribution is 2.21. The number of hydrogen-bond donors (Lipinski definition) is 1. The highest BCUT2D eigenvalue weighted by atomic mass is 32.2. The fraction of sp³-hybridized carbons (Fsp3) is 0. The van der Waals surface area contributed by atoms with Crippen molar-refractivity contribution in [2.45, 2.75) is 10.1 Å². The van der Waals surface area contributed by atoms with Crippen molar-refractivity contribution >= 4 is 26.7 Å². The van der Waals surface area contributed by atoms with E-state index in [0.717, 1.165) is 24.3 Å². The van der Waals surface area contributed by atoms with Gasteiger partial charge in [-0.1, -0.05) is 0 Å². The van der Waals surface area contributed by atoms with Gasteiger partial charge in [0.2, 0.25) is 9.84 Å². The molecule has 0 aliphatic heterocycles.